The number of aliphatic carboxylic acids is 1. The van der Waals surface area contributed by atoms with Gasteiger partial charge in [0.15, 0.2) is 5.71 Å². The lowest BCUT2D eigenvalue weighted by Gasteiger charge is -2.06. The van der Waals surface area contributed by atoms with E-state index < -0.39 is 18.0 Å². The molecule has 0 aromatic carbocycles. The second-order valence-corrected chi connectivity index (χ2v) is 2.79. The first kappa shape index (κ1) is 11.0. The fourth-order valence-electron chi connectivity index (χ4n) is 0.978. The molecule has 1 unspecified atom stereocenters. The van der Waals surface area contributed by atoms with Crippen molar-refractivity contribution < 1.29 is 19.5 Å². The monoisotopic (exact) mass is 210 g/mol. The van der Waals surface area contributed by atoms with Crippen LogP contribution >= 0.6 is 0 Å². The molecule has 0 fully saturated rings. The Morgan fingerprint density at radius 3 is 3.00 bits per heavy atom. The number of hydrogen-bond donors (Lipinski definition) is 2. The Balaban J connectivity index is 2.38. The first-order chi connectivity index (χ1) is 7.15. The molecule has 6 nitrogen and oxygen atoms in total. The van der Waals surface area contributed by atoms with Gasteiger partial charge in [0.2, 0.25) is 6.10 Å². The van der Waals surface area contributed by atoms with Gasteiger partial charge >= 0.3 is 5.97 Å². The molecule has 80 valence electrons. The minimum atomic E-state index is -1.17. The van der Waals surface area contributed by atoms with Crippen LogP contribution in [0.2, 0.25) is 0 Å². The van der Waals surface area contributed by atoms with E-state index in [1.54, 1.807) is 6.92 Å². The van der Waals surface area contributed by atoms with E-state index in [1.165, 1.54) is 0 Å². The molecule has 0 aromatic heterocycles. The van der Waals surface area contributed by atoms with Gasteiger partial charge in [0.25, 0.3) is 5.91 Å². The predicted molar refractivity (Wildman–Crippen MR) is 51.0 cm³/mol. The number of oxime groups is 1. The number of amides is 1. The van der Waals surface area contributed by atoms with E-state index in [4.69, 9.17) is 5.11 Å². The van der Waals surface area contributed by atoms with Crippen LogP contribution in [0.1, 0.15) is 13.3 Å². The summed E-state index contributed by atoms with van der Waals surface area (Å²) in [4.78, 5) is 26.4. The zero-order valence-corrected chi connectivity index (χ0v) is 8.11. The summed E-state index contributed by atoms with van der Waals surface area (Å²) in [5, 5.41) is 14.3. The van der Waals surface area contributed by atoms with E-state index in [2.05, 4.69) is 27.2 Å². The third kappa shape index (κ3) is 2.98. The molecule has 1 heterocycles. The standard InChI is InChI=1S/C9H10N2O4/c1-2-3-4-10-8(12)7-5-6(9(13)14)11-15-7/h7H,4-5H2,1H3,(H,10,12)(H,13,14). The molecule has 2 N–H and O–H groups in total. The number of carbonyl (C=O) groups excluding carboxylic acids is 1. The molecule has 0 aliphatic carbocycles. The molecule has 1 aliphatic rings. The van der Waals surface area contributed by atoms with Crippen LogP contribution in [0.4, 0.5) is 0 Å². The molecule has 1 aliphatic heterocycles. The molecule has 6 heteroatoms. The van der Waals surface area contributed by atoms with Gasteiger partial charge < -0.3 is 15.3 Å². The van der Waals surface area contributed by atoms with E-state index in [-0.39, 0.29) is 18.7 Å². The number of carboxylic acids is 1. The molecule has 0 aromatic rings. The molecule has 0 radical (unpaired) electrons. The van der Waals surface area contributed by atoms with Crippen LogP contribution in [0.15, 0.2) is 5.16 Å². The van der Waals surface area contributed by atoms with E-state index in [0.717, 1.165) is 0 Å². The largest absolute Gasteiger partial charge is 0.477 e. The lowest BCUT2D eigenvalue weighted by molar-refractivity contribution is -0.131. The predicted octanol–water partition coefficient (Wildman–Crippen LogP) is -0.645. The third-order valence-electron chi connectivity index (χ3n) is 1.74. The van der Waals surface area contributed by atoms with Gasteiger partial charge in [0, 0.05) is 6.42 Å². The summed E-state index contributed by atoms with van der Waals surface area (Å²) in [6.07, 6.45) is -0.865. The molecule has 1 amide bonds. The van der Waals surface area contributed by atoms with Gasteiger partial charge in [-0.2, -0.15) is 0 Å². The molecular formula is C9H10N2O4. The summed E-state index contributed by atoms with van der Waals surface area (Å²) >= 11 is 0. The van der Waals surface area contributed by atoms with E-state index in [0.29, 0.717) is 0 Å². The van der Waals surface area contributed by atoms with Crippen molar-refractivity contribution >= 4 is 17.6 Å². The van der Waals surface area contributed by atoms with Gasteiger partial charge in [-0.15, -0.1) is 5.92 Å². The van der Waals surface area contributed by atoms with Crippen molar-refractivity contribution in [1.29, 1.82) is 0 Å². The maximum Gasteiger partial charge on any atom is 0.353 e. The highest BCUT2D eigenvalue weighted by atomic mass is 16.6. The Kier molecular flexibility index (Phi) is 3.68. The van der Waals surface area contributed by atoms with Gasteiger partial charge in [-0.3, -0.25) is 4.79 Å². The van der Waals surface area contributed by atoms with E-state index >= 15 is 0 Å². The lowest BCUT2D eigenvalue weighted by atomic mass is 10.2. The van der Waals surface area contributed by atoms with Crippen LogP contribution < -0.4 is 5.32 Å². The molecule has 15 heavy (non-hydrogen) atoms. The van der Waals surface area contributed by atoms with Crippen molar-refractivity contribution in [3.05, 3.63) is 0 Å². The topological polar surface area (TPSA) is 88.0 Å². The van der Waals surface area contributed by atoms with E-state index in [1.807, 2.05) is 0 Å². The fourth-order valence-corrected chi connectivity index (χ4v) is 0.978. The fraction of sp³-hybridized carbons (Fsp3) is 0.444. The normalized spacial score (nSPS) is 18.2. The first-order valence-electron chi connectivity index (χ1n) is 4.28. The molecular weight excluding hydrogens is 200 g/mol. The smallest absolute Gasteiger partial charge is 0.353 e. The molecule has 0 spiro atoms. The zero-order chi connectivity index (χ0) is 11.3. The third-order valence-corrected chi connectivity index (χ3v) is 1.74. The zero-order valence-electron chi connectivity index (χ0n) is 8.11. The molecule has 0 saturated heterocycles. The van der Waals surface area contributed by atoms with Crippen molar-refractivity contribution in [2.75, 3.05) is 6.54 Å². The SMILES string of the molecule is CC#CCNC(=O)C1CC(C(=O)O)=NO1. The van der Waals surface area contributed by atoms with Gasteiger partial charge in [-0.25, -0.2) is 4.79 Å². The minimum absolute atomic E-state index is 0.0132. The van der Waals surface area contributed by atoms with Gasteiger partial charge in [0.1, 0.15) is 0 Å². The van der Waals surface area contributed by atoms with Crippen LogP contribution in [-0.2, 0) is 14.4 Å². The van der Waals surface area contributed by atoms with Crippen molar-refractivity contribution in [2.24, 2.45) is 5.16 Å². The Bertz CT molecular complexity index is 364. The Hall–Kier alpha value is -2.03. The second kappa shape index (κ2) is 5.00. The number of carbonyl (C=O) groups is 2. The van der Waals surface area contributed by atoms with Gasteiger partial charge in [-0.1, -0.05) is 11.1 Å². The highest BCUT2D eigenvalue weighted by Gasteiger charge is 2.30. The Labute approximate surface area is 86.3 Å². The average molecular weight is 210 g/mol. The van der Waals surface area contributed by atoms with Crippen LogP contribution in [0, 0.1) is 11.8 Å². The van der Waals surface area contributed by atoms with Crippen LogP contribution in [-0.4, -0.2) is 35.3 Å². The quantitative estimate of drug-likeness (QED) is 0.606. The highest BCUT2D eigenvalue weighted by Crippen LogP contribution is 2.10. The van der Waals surface area contributed by atoms with Crippen molar-refractivity contribution in [1.82, 2.24) is 5.32 Å². The number of rotatable bonds is 3. The Morgan fingerprint density at radius 1 is 1.73 bits per heavy atom. The number of nitrogens with zero attached hydrogens (tertiary/aromatic N) is 1. The first-order valence-corrected chi connectivity index (χ1v) is 4.28. The van der Waals surface area contributed by atoms with Crippen molar-refractivity contribution in [2.45, 2.75) is 19.4 Å². The van der Waals surface area contributed by atoms with Crippen molar-refractivity contribution in [3.8, 4) is 11.8 Å². The lowest BCUT2D eigenvalue weighted by Crippen LogP contribution is -2.35. The number of hydrogen-bond acceptors (Lipinski definition) is 4. The van der Waals surface area contributed by atoms with Gasteiger partial charge in [0.05, 0.1) is 6.54 Å². The second-order valence-electron chi connectivity index (χ2n) is 2.79. The Morgan fingerprint density at radius 2 is 2.47 bits per heavy atom. The van der Waals surface area contributed by atoms with Crippen molar-refractivity contribution in [3.63, 3.8) is 0 Å². The average Bonchev–Trinajstić information content (AvgIpc) is 2.66. The number of nitrogens with one attached hydrogen (secondary N) is 1. The summed E-state index contributed by atoms with van der Waals surface area (Å²) in [7, 11) is 0. The summed E-state index contributed by atoms with van der Waals surface area (Å²) < 4.78 is 0. The maximum absolute atomic E-state index is 11.3. The molecule has 0 bridgehead atoms. The van der Waals surface area contributed by atoms with Crippen LogP contribution in [0.5, 0.6) is 0 Å². The highest BCUT2D eigenvalue weighted by molar-refractivity contribution is 6.36. The minimum Gasteiger partial charge on any atom is -0.477 e. The summed E-state index contributed by atoms with van der Waals surface area (Å²) in [6.45, 7) is 1.88. The van der Waals surface area contributed by atoms with Crippen LogP contribution in [0.25, 0.3) is 0 Å². The summed E-state index contributed by atoms with van der Waals surface area (Å²) in [6, 6.07) is 0. The van der Waals surface area contributed by atoms with E-state index in [9.17, 15) is 9.59 Å². The summed E-state index contributed by atoms with van der Waals surface area (Å²) in [5.74, 6) is 3.68. The van der Waals surface area contributed by atoms with Crippen LogP contribution in [0.3, 0.4) is 0 Å². The summed E-state index contributed by atoms with van der Waals surface area (Å²) in [5.41, 5.74) is -0.142. The number of carboxylic acid groups (broad SMARTS) is 1. The molecule has 0 saturated carbocycles. The maximum atomic E-state index is 11.3. The molecule has 1 atom stereocenters. The molecule has 1 rings (SSSR count). The van der Waals surface area contributed by atoms with Gasteiger partial charge in [-0.05, 0) is 6.92 Å².